The lowest BCUT2D eigenvalue weighted by molar-refractivity contribution is -0.132. The average molecular weight is 293 g/mol. The molecular weight excluding hydrogens is 273 g/mol. The van der Waals surface area contributed by atoms with Gasteiger partial charge >= 0.3 is 0 Å². The molecule has 1 heterocycles. The van der Waals surface area contributed by atoms with Crippen LogP contribution in [0.3, 0.4) is 0 Å². The van der Waals surface area contributed by atoms with E-state index in [2.05, 4.69) is 5.32 Å². The number of nitrogens with two attached hydrogens (primary N) is 1. The van der Waals surface area contributed by atoms with Crippen LogP contribution in [0.5, 0.6) is 0 Å². The van der Waals surface area contributed by atoms with E-state index in [9.17, 15) is 14.0 Å². The van der Waals surface area contributed by atoms with E-state index in [4.69, 9.17) is 5.73 Å². The van der Waals surface area contributed by atoms with Crippen molar-refractivity contribution in [2.24, 2.45) is 5.73 Å². The Hall–Kier alpha value is -1.95. The molecule has 1 saturated heterocycles. The number of piperazine rings is 1. The standard InChI is InChI=1S/C15H20FN3O2/c1-4-12-15(21)18-14(20)7-19(12)13-5-8(2)11(16)6-10(13)9(3)17/h5-6,9,12H,4,7,17H2,1-3H3,(H,18,20,21)/t9-,12?/m1/s1. The molecule has 1 aliphatic heterocycles. The number of amides is 2. The zero-order chi connectivity index (χ0) is 15.7. The lowest BCUT2D eigenvalue weighted by atomic mass is 9.99. The molecule has 0 bridgehead atoms. The van der Waals surface area contributed by atoms with Crippen LogP contribution in [0.25, 0.3) is 0 Å². The summed E-state index contributed by atoms with van der Waals surface area (Å²) < 4.78 is 13.8. The van der Waals surface area contributed by atoms with Gasteiger partial charge in [-0.1, -0.05) is 6.92 Å². The summed E-state index contributed by atoms with van der Waals surface area (Å²) in [7, 11) is 0. The topological polar surface area (TPSA) is 75.4 Å². The minimum atomic E-state index is -0.454. The molecule has 21 heavy (non-hydrogen) atoms. The number of anilines is 1. The van der Waals surface area contributed by atoms with E-state index in [1.807, 2.05) is 6.92 Å². The molecule has 6 heteroatoms. The molecule has 0 aromatic heterocycles. The number of carbonyl (C=O) groups excluding carboxylic acids is 2. The Bertz CT molecular complexity index is 587. The van der Waals surface area contributed by atoms with Gasteiger partial charge < -0.3 is 10.6 Å². The van der Waals surface area contributed by atoms with Crippen molar-refractivity contribution in [1.82, 2.24) is 5.32 Å². The number of hydrogen-bond acceptors (Lipinski definition) is 4. The fourth-order valence-corrected chi connectivity index (χ4v) is 2.62. The average Bonchev–Trinajstić information content (AvgIpc) is 2.40. The Morgan fingerprint density at radius 2 is 2.14 bits per heavy atom. The third kappa shape index (κ3) is 2.90. The van der Waals surface area contributed by atoms with Crippen molar-refractivity contribution in [1.29, 1.82) is 0 Å². The molecule has 2 amide bonds. The number of nitrogens with zero attached hydrogens (tertiary/aromatic N) is 1. The maximum absolute atomic E-state index is 13.8. The molecule has 0 aliphatic carbocycles. The quantitative estimate of drug-likeness (QED) is 0.826. The maximum atomic E-state index is 13.8. The highest BCUT2D eigenvalue weighted by atomic mass is 19.1. The van der Waals surface area contributed by atoms with Gasteiger partial charge in [0.15, 0.2) is 0 Å². The largest absolute Gasteiger partial charge is 0.350 e. The van der Waals surface area contributed by atoms with Crippen LogP contribution in [0.2, 0.25) is 0 Å². The number of imide groups is 1. The zero-order valence-electron chi connectivity index (χ0n) is 12.4. The molecule has 2 atom stereocenters. The molecule has 0 saturated carbocycles. The Balaban J connectivity index is 2.54. The summed E-state index contributed by atoms with van der Waals surface area (Å²) in [6, 6.07) is 2.19. The van der Waals surface area contributed by atoms with E-state index in [0.717, 1.165) is 0 Å². The SMILES string of the molecule is CCC1C(=O)NC(=O)CN1c1cc(C)c(F)cc1[C@@H](C)N. The second-order valence-corrected chi connectivity index (χ2v) is 5.41. The van der Waals surface area contributed by atoms with Crippen molar-refractivity contribution in [2.45, 2.75) is 39.3 Å². The first-order valence-electron chi connectivity index (χ1n) is 7.01. The summed E-state index contributed by atoms with van der Waals surface area (Å²) in [6.07, 6.45) is 0.550. The third-order valence-electron chi connectivity index (χ3n) is 3.75. The van der Waals surface area contributed by atoms with E-state index in [1.54, 1.807) is 24.8 Å². The van der Waals surface area contributed by atoms with Gasteiger partial charge in [-0.2, -0.15) is 0 Å². The van der Waals surface area contributed by atoms with Crippen LogP contribution in [-0.2, 0) is 9.59 Å². The van der Waals surface area contributed by atoms with Crippen LogP contribution in [0.4, 0.5) is 10.1 Å². The second kappa shape index (κ2) is 5.81. The molecule has 2 rings (SSSR count). The van der Waals surface area contributed by atoms with Gasteiger partial charge in [-0.25, -0.2) is 4.39 Å². The van der Waals surface area contributed by atoms with Crippen molar-refractivity contribution < 1.29 is 14.0 Å². The first kappa shape index (κ1) is 15.4. The number of hydrogen-bond donors (Lipinski definition) is 2. The summed E-state index contributed by atoms with van der Waals surface area (Å²) >= 11 is 0. The first-order valence-corrected chi connectivity index (χ1v) is 7.01. The van der Waals surface area contributed by atoms with Gasteiger partial charge in [0.2, 0.25) is 11.8 Å². The van der Waals surface area contributed by atoms with Crippen molar-refractivity contribution in [3.63, 3.8) is 0 Å². The zero-order valence-corrected chi connectivity index (χ0v) is 12.4. The number of halogens is 1. The number of rotatable bonds is 3. The molecular formula is C15H20FN3O2. The van der Waals surface area contributed by atoms with Gasteiger partial charge in [-0.3, -0.25) is 14.9 Å². The molecule has 1 unspecified atom stereocenters. The molecule has 114 valence electrons. The monoisotopic (exact) mass is 293 g/mol. The summed E-state index contributed by atoms with van der Waals surface area (Å²) in [6.45, 7) is 5.33. The highest BCUT2D eigenvalue weighted by molar-refractivity contribution is 6.04. The predicted molar refractivity (Wildman–Crippen MR) is 78.3 cm³/mol. The molecule has 0 radical (unpaired) electrons. The van der Waals surface area contributed by atoms with Crippen LogP contribution in [0.1, 0.15) is 37.4 Å². The number of carbonyl (C=O) groups is 2. The molecule has 3 N–H and O–H groups in total. The van der Waals surface area contributed by atoms with Crippen LogP contribution in [0, 0.1) is 12.7 Å². The highest BCUT2D eigenvalue weighted by Gasteiger charge is 2.34. The maximum Gasteiger partial charge on any atom is 0.249 e. The van der Waals surface area contributed by atoms with Crippen LogP contribution < -0.4 is 16.0 Å². The Morgan fingerprint density at radius 1 is 1.48 bits per heavy atom. The van der Waals surface area contributed by atoms with Crippen molar-refractivity contribution in [2.75, 3.05) is 11.4 Å². The Kier molecular flexibility index (Phi) is 4.27. The molecule has 1 aromatic rings. The summed E-state index contributed by atoms with van der Waals surface area (Å²) in [4.78, 5) is 25.4. The van der Waals surface area contributed by atoms with Gasteiger partial charge in [0, 0.05) is 11.7 Å². The molecule has 1 aromatic carbocycles. The van der Waals surface area contributed by atoms with Gasteiger partial charge in [0.05, 0.1) is 6.54 Å². The van der Waals surface area contributed by atoms with Crippen LogP contribution in [0.15, 0.2) is 12.1 Å². The third-order valence-corrected chi connectivity index (χ3v) is 3.75. The van der Waals surface area contributed by atoms with Gasteiger partial charge in [0.25, 0.3) is 0 Å². The van der Waals surface area contributed by atoms with E-state index in [0.29, 0.717) is 23.2 Å². The van der Waals surface area contributed by atoms with E-state index < -0.39 is 12.1 Å². The normalized spacial score (nSPS) is 20.4. The van der Waals surface area contributed by atoms with E-state index in [1.165, 1.54) is 6.07 Å². The number of aryl methyl sites for hydroxylation is 1. The van der Waals surface area contributed by atoms with Crippen molar-refractivity contribution >= 4 is 17.5 Å². The van der Waals surface area contributed by atoms with Gasteiger partial charge in [-0.05, 0) is 43.5 Å². The van der Waals surface area contributed by atoms with E-state index in [-0.39, 0.29) is 24.2 Å². The van der Waals surface area contributed by atoms with Crippen molar-refractivity contribution in [3.8, 4) is 0 Å². The predicted octanol–water partition coefficient (Wildman–Crippen LogP) is 1.40. The minimum Gasteiger partial charge on any atom is -0.350 e. The first-order chi connectivity index (χ1) is 9.85. The van der Waals surface area contributed by atoms with E-state index >= 15 is 0 Å². The molecule has 1 aliphatic rings. The lowest BCUT2D eigenvalue weighted by Crippen LogP contribution is -2.58. The molecule has 1 fully saturated rings. The van der Waals surface area contributed by atoms with Gasteiger partial charge in [0.1, 0.15) is 11.9 Å². The number of benzene rings is 1. The lowest BCUT2D eigenvalue weighted by Gasteiger charge is -2.37. The molecule has 0 spiro atoms. The summed E-state index contributed by atoms with van der Waals surface area (Å²) in [5.74, 6) is -1.03. The fourth-order valence-electron chi connectivity index (χ4n) is 2.62. The van der Waals surface area contributed by atoms with Gasteiger partial charge in [-0.15, -0.1) is 0 Å². The van der Waals surface area contributed by atoms with Crippen molar-refractivity contribution in [3.05, 3.63) is 29.1 Å². The highest BCUT2D eigenvalue weighted by Crippen LogP contribution is 2.31. The Labute approximate surface area is 123 Å². The second-order valence-electron chi connectivity index (χ2n) is 5.41. The van der Waals surface area contributed by atoms with Crippen LogP contribution in [-0.4, -0.2) is 24.4 Å². The summed E-state index contributed by atoms with van der Waals surface area (Å²) in [5, 5.41) is 2.33. The summed E-state index contributed by atoms with van der Waals surface area (Å²) in [5.41, 5.74) is 7.63. The smallest absolute Gasteiger partial charge is 0.249 e. The Morgan fingerprint density at radius 3 is 2.71 bits per heavy atom. The fraction of sp³-hybridized carbons (Fsp3) is 0.467. The number of nitrogens with one attached hydrogen (secondary N) is 1. The molecule has 5 nitrogen and oxygen atoms in total. The van der Waals surface area contributed by atoms with Crippen LogP contribution >= 0.6 is 0 Å². The minimum absolute atomic E-state index is 0.0645.